The van der Waals surface area contributed by atoms with Gasteiger partial charge in [-0.05, 0) is 31.6 Å². The molecule has 0 radical (unpaired) electrons. The van der Waals surface area contributed by atoms with Gasteiger partial charge in [0, 0.05) is 19.2 Å². The van der Waals surface area contributed by atoms with E-state index in [1.165, 1.54) is 4.90 Å². The lowest BCUT2D eigenvalue weighted by Gasteiger charge is -2.38. The number of aliphatic hydroxyl groups is 3. The highest BCUT2D eigenvalue weighted by atomic mass is 16.7. The minimum absolute atomic E-state index is 0.114. The summed E-state index contributed by atoms with van der Waals surface area (Å²) in [6.45, 7) is 3.99. The minimum Gasteiger partial charge on any atom is -0.500 e. The quantitative estimate of drug-likeness (QED) is 0.135. The first kappa shape index (κ1) is 26.5. The highest BCUT2D eigenvalue weighted by Crippen LogP contribution is 2.39. The van der Waals surface area contributed by atoms with Crippen LogP contribution < -0.4 is 4.74 Å². The van der Waals surface area contributed by atoms with Crippen LogP contribution in [0.25, 0.3) is 6.08 Å². The molecular weight excluding hydrogens is 458 g/mol. The molecule has 14 heteroatoms. The van der Waals surface area contributed by atoms with Crippen LogP contribution in [-0.2, 0) is 14.3 Å². The van der Waals surface area contributed by atoms with E-state index in [0.717, 1.165) is 18.2 Å². The first-order chi connectivity index (χ1) is 16.0. The first-order valence-electron chi connectivity index (χ1n) is 9.98. The topological polar surface area (TPSA) is 224 Å². The molecule has 1 fully saturated rings. The molecule has 1 aliphatic heterocycles. The zero-order valence-electron chi connectivity index (χ0n) is 18.1. The molecule has 184 valence electrons. The number of carbonyl (C=O) groups is 2. The van der Waals surface area contributed by atoms with Crippen molar-refractivity contribution in [3.63, 3.8) is 0 Å². The smallest absolute Gasteiger partial charge is 0.335 e. The molecule has 0 unspecified atom stereocenters. The van der Waals surface area contributed by atoms with E-state index in [4.69, 9.17) is 14.6 Å². The summed E-state index contributed by atoms with van der Waals surface area (Å²) in [7, 11) is 0. The summed E-state index contributed by atoms with van der Waals surface area (Å²) in [6, 6.07) is 3.56. The van der Waals surface area contributed by atoms with E-state index >= 15 is 0 Å². The summed E-state index contributed by atoms with van der Waals surface area (Å²) in [5, 5.41) is 70.0. The number of aliphatic hydroxyl groups excluding tert-OH is 3. The number of carboxylic acids is 1. The summed E-state index contributed by atoms with van der Waals surface area (Å²) in [4.78, 5) is 35.5. The lowest BCUT2D eigenvalue weighted by molar-refractivity contribution is -0.386. The number of benzene rings is 1. The van der Waals surface area contributed by atoms with Gasteiger partial charge in [0.2, 0.25) is 12.0 Å². The molecule has 1 saturated heterocycles. The largest absolute Gasteiger partial charge is 0.500 e. The number of aliphatic carboxylic acids is 1. The van der Waals surface area contributed by atoms with Crippen LogP contribution in [0.5, 0.6) is 11.5 Å². The molecule has 0 bridgehead atoms. The van der Waals surface area contributed by atoms with Crippen molar-refractivity contribution in [3.8, 4) is 17.6 Å². The van der Waals surface area contributed by atoms with Gasteiger partial charge >= 0.3 is 11.7 Å². The Morgan fingerprint density at radius 1 is 1.24 bits per heavy atom. The van der Waals surface area contributed by atoms with E-state index in [0.29, 0.717) is 13.1 Å². The van der Waals surface area contributed by atoms with Crippen molar-refractivity contribution in [3.05, 3.63) is 33.4 Å². The van der Waals surface area contributed by atoms with Crippen LogP contribution in [0, 0.1) is 21.4 Å². The van der Waals surface area contributed by atoms with Crippen molar-refractivity contribution in [2.45, 2.75) is 44.6 Å². The minimum atomic E-state index is -2.02. The number of hydrogen-bond donors (Lipinski definition) is 5. The number of carboxylic acid groups (broad SMARTS) is 1. The number of rotatable bonds is 8. The average molecular weight is 481 g/mol. The van der Waals surface area contributed by atoms with E-state index in [1.807, 2.05) is 0 Å². The summed E-state index contributed by atoms with van der Waals surface area (Å²) in [5.74, 6) is -4.03. The fourth-order valence-electron chi connectivity index (χ4n) is 3.19. The van der Waals surface area contributed by atoms with Crippen molar-refractivity contribution in [2.75, 3.05) is 13.1 Å². The van der Waals surface area contributed by atoms with Gasteiger partial charge in [0.05, 0.1) is 4.92 Å². The number of ether oxygens (including phenoxy) is 2. The zero-order valence-corrected chi connectivity index (χ0v) is 18.1. The molecule has 0 aromatic heterocycles. The fraction of sp³-hybridized carbons (Fsp3) is 0.450. The summed E-state index contributed by atoms with van der Waals surface area (Å²) < 4.78 is 10.2. The van der Waals surface area contributed by atoms with E-state index in [-0.39, 0.29) is 11.1 Å². The Kier molecular flexibility index (Phi) is 8.49. The molecule has 5 N–H and O–H groups in total. The first-order valence-corrected chi connectivity index (χ1v) is 9.98. The summed E-state index contributed by atoms with van der Waals surface area (Å²) in [5.41, 5.74) is -1.37. The van der Waals surface area contributed by atoms with Crippen molar-refractivity contribution < 1.29 is 49.5 Å². The predicted octanol–water partition coefficient (Wildman–Crippen LogP) is -0.653. The second-order valence-corrected chi connectivity index (χ2v) is 7.14. The van der Waals surface area contributed by atoms with Crippen LogP contribution >= 0.6 is 0 Å². The number of likely N-dealkylation sites (N-methyl/N-ethyl adjacent to an activating group) is 1. The molecule has 1 amide bonds. The van der Waals surface area contributed by atoms with Crippen molar-refractivity contribution in [1.29, 1.82) is 5.26 Å². The van der Waals surface area contributed by atoms with Crippen LogP contribution in [-0.4, -0.2) is 91.0 Å². The Balaban J connectivity index is 2.51. The van der Waals surface area contributed by atoms with Gasteiger partial charge in [0.15, 0.2) is 11.9 Å². The fourth-order valence-corrected chi connectivity index (χ4v) is 3.19. The number of phenolic OH excluding ortho intramolecular Hbond substituents is 1. The number of carbonyl (C=O) groups excluding carboxylic acids is 1. The molecule has 0 aliphatic carbocycles. The Morgan fingerprint density at radius 2 is 1.85 bits per heavy atom. The summed E-state index contributed by atoms with van der Waals surface area (Å²) >= 11 is 0. The predicted molar refractivity (Wildman–Crippen MR) is 111 cm³/mol. The van der Waals surface area contributed by atoms with Gasteiger partial charge in [-0.2, -0.15) is 5.26 Å². The summed E-state index contributed by atoms with van der Waals surface area (Å²) in [6.07, 6.45) is -8.97. The molecule has 0 spiro atoms. The highest BCUT2D eigenvalue weighted by Gasteiger charge is 2.48. The molecule has 1 aromatic rings. The van der Waals surface area contributed by atoms with Crippen molar-refractivity contribution in [1.82, 2.24) is 4.90 Å². The normalized spacial score (nSPS) is 24.7. The maximum atomic E-state index is 12.5. The van der Waals surface area contributed by atoms with E-state index in [2.05, 4.69) is 0 Å². The zero-order chi connectivity index (χ0) is 25.7. The SMILES string of the molecule is CCN(CC)C(=O)/C(C#N)=C/c1cc(O[C@@H]2O[C@H](C(=O)O)[C@@H](O)[C@H](O)[C@H]2O)c(O)c([N+](=O)[O-])c1. The van der Waals surface area contributed by atoms with E-state index in [1.54, 1.807) is 19.9 Å². The van der Waals surface area contributed by atoms with Gasteiger partial charge in [-0.3, -0.25) is 14.9 Å². The molecule has 1 heterocycles. The number of aromatic hydroxyl groups is 1. The van der Waals surface area contributed by atoms with Gasteiger partial charge in [-0.25, -0.2) is 4.79 Å². The van der Waals surface area contributed by atoms with Gasteiger partial charge in [0.1, 0.15) is 30.0 Å². The van der Waals surface area contributed by atoms with E-state index in [9.17, 15) is 45.4 Å². The maximum absolute atomic E-state index is 12.5. The molecule has 0 saturated carbocycles. The maximum Gasteiger partial charge on any atom is 0.335 e. The molecule has 5 atom stereocenters. The molecular formula is C20H23N3O11. The van der Waals surface area contributed by atoms with Gasteiger partial charge in [-0.1, -0.05) is 0 Å². The second kappa shape index (κ2) is 10.9. The highest BCUT2D eigenvalue weighted by molar-refractivity contribution is 6.01. The van der Waals surface area contributed by atoms with Crippen LogP contribution in [0.3, 0.4) is 0 Å². The molecule has 34 heavy (non-hydrogen) atoms. The Morgan fingerprint density at radius 3 is 2.35 bits per heavy atom. The molecule has 14 nitrogen and oxygen atoms in total. The lowest BCUT2D eigenvalue weighted by atomic mass is 9.99. The number of hydrogen-bond acceptors (Lipinski definition) is 11. The lowest BCUT2D eigenvalue weighted by Crippen LogP contribution is -2.61. The van der Waals surface area contributed by atoms with Crippen LogP contribution in [0.1, 0.15) is 19.4 Å². The number of phenols is 1. The Bertz CT molecular complexity index is 1030. The van der Waals surface area contributed by atoms with Gasteiger partial charge in [-0.15, -0.1) is 0 Å². The number of nitro benzene ring substituents is 1. The Labute approximate surface area is 192 Å². The van der Waals surface area contributed by atoms with Gasteiger partial charge in [0.25, 0.3) is 5.91 Å². The van der Waals surface area contributed by atoms with Gasteiger partial charge < -0.3 is 39.9 Å². The van der Waals surface area contributed by atoms with Crippen molar-refractivity contribution >= 4 is 23.6 Å². The second-order valence-electron chi connectivity index (χ2n) is 7.14. The number of nitriles is 1. The van der Waals surface area contributed by atoms with Crippen LogP contribution in [0.4, 0.5) is 5.69 Å². The van der Waals surface area contributed by atoms with E-state index < -0.39 is 64.7 Å². The molecule has 1 aliphatic rings. The number of amides is 1. The third-order valence-electron chi connectivity index (χ3n) is 5.04. The monoisotopic (exact) mass is 481 g/mol. The van der Waals surface area contributed by atoms with Crippen LogP contribution in [0.2, 0.25) is 0 Å². The number of nitrogens with zero attached hydrogens (tertiary/aromatic N) is 3. The number of nitro groups is 1. The van der Waals surface area contributed by atoms with Crippen LogP contribution in [0.15, 0.2) is 17.7 Å². The molecule has 2 rings (SSSR count). The third kappa shape index (κ3) is 5.41. The standard InChI is InChI=1S/C20H23N3O11/c1-3-22(4-2)18(28)10(8-21)5-9-6-11(23(31)32)13(24)12(7-9)33-20-16(27)14(25)15(26)17(34-20)19(29)30/h5-7,14-17,20,24-27H,3-4H2,1-2H3,(H,29,30)/b10-5+/t14-,15-,16+,17-,20+/m0/s1. The third-order valence-corrected chi connectivity index (χ3v) is 5.04. The Hall–Kier alpha value is -3.77. The van der Waals surface area contributed by atoms with Crippen molar-refractivity contribution in [2.24, 2.45) is 0 Å². The average Bonchev–Trinajstić information content (AvgIpc) is 2.79. The molecule has 1 aromatic carbocycles.